The Bertz CT molecular complexity index is 599. The van der Waals surface area contributed by atoms with E-state index in [9.17, 15) is 10.1 Å². The number of carbonyl (C=O) groups excluding carboxylic acids is 1. The molecule has 0 unspecified atom stereocenters. The Hall–Kier alpha value is -1.86. The molecule has 0 saturated carbocycles. The second kappa shape index (κ2) is 7.36. The van der Waals surface area contributed by atoms with Crippen molar-refractivity contribution in [1.82, 2.24) is 9.80 Å². The Morgan fingerprint density at radius 2 is 1.83 bits per heavy atom. The second-order valence-electron chi connectivity index (χ2n) is 7.23. The lowest BCUT2D eigenvalue weighted by atomic mass is 9.74. The molecule has 2 fully saturated rings. The van der Waals surface area contributed by atoms with Gasteiger partial charge < -0.3 is 4.90 Å². The van der Waals surface area contributed by atoms with Crippen LogP contribution in [0.3, 0.4) is 0 Å². The summed E-state index contributed by atoms with van der Waals surface area (Å²) in [6, 6.07) is 12.6. The van der Waals surface area contributed by atoms with Crippen LogP contribution in [0.4, 0.5) is 0 Å². The van der Waals surface area contributed by atoms with Crippen LogP contribution in [0, 0.1) is 11.3 Å². The Kier molecular flexibility index (Phi) is 5.20. The van der Waals surface area contributed by atoms with Crippen LogP contribution in [-0.4, -0.2) is 48.4 Å². The van der Waals surface area contributed by atoms with Crippen LogP contribution in [0.1, 0.15) is 44.1 Å². The van der Waals surface area contributed by atoms with Gasteiger partial charge in [0, 0.05) is 13.1 Å². The van der Waals surface area contributed by atoms with Crippen molar-refractivity contribution in [1.29, 1.82) is 5.26 Å². The number of rotatable bonds is 2. The number of hydrogen-bond acceptors (Lipinski definition) is 3. The van der Waals surface area contributed by atoms with Crippen molar-refractivity contribution in [3.63, 3.8) is 0 Å². The summed E-state index contributed by atoms with van der Waals surface area (Å²) in [5.74, 6) is 0.263. The minimum atomic E-state index is -0.437. The zero-order chi connectivity index (χ0) is 17.0. The van der Waals surface area contributed by atoms with Gasteiger partial charge in [-0.15, -0.1) is 0 Å². The molecule has 2 aliphatic heterocycles. The molecule has 1 amide bonds. The summed E-state index contributed by atoms with van der Waals surface area (Å²) < 4.78 is 0. The number of benzene rings is 1. The molecule has 3 rings (SSSR count). The Morgan fingerprint density at radius 1 is 1.12 bits per heavy atom. The number of piperidine rings is 1. The molecule has 24 heavy (non-hydrogen) atoms. The molecule has 0 radical (unpaired) electrons. The maximum Gasteiger partial charge on any atom is 0.239 e. The smallest absolute Gasteiger partial charge is 0.239 e. The zero-order valence-electron chi connectivity index (χ0n) is 14.6. The van der Waals surface area contributed by atoms with Crippen molar-refractivity contribution in [3.05, 3.63) is 35.9 Å². The average Bonchev–Trinajstić information content (AvgIpc) is 2.86. The highest BCUT2D eigenvalue weighted by molar-refractivity contribution is 5.82. The average molecular weight is 325 g/mol. The van der Waals surface area contributed by atoms with Gasteiger partial charge in [-0.2, -0.15) is 5.26 Å². The minimum Gasteiger partial charge on any atom is -0.341 e. The summed E-state index contributed by atoms with van der Waals surface area (Å²) >= 11 is 0. The van der Waals surface area contributed by atoms with Gasteiger partial charge in [-0.1, -0.05) is 43.2 Å². The predicted octanol–water partition coefficient (Wildman–Crippen LogP) is 2.94. The SMILES string of the molecule is CN1CCCCC[C@@H]1C(=O)N1CCC(C#N)(c2ccccc2)CC1. The first-order chi connectivity index (χ1) is 11.7. The molecule has 2 heterocycles. The number of carbonyl (C=O) groups is 1. The molecule has 4 heteroatoms. The number of likely N-dealkylation sites (N-methyl/N-ethyl adjacent to an activating group) is 1. The van der Waals surface area contributed by atoms with Crippen molar-refractivity contribution < 1.29 is 4.79 Å². The van der Waals surface area contributed by atoms with E-state index in [0.29, 0.717) is 13.1 Å². The highest BCUT2D eigenvalue weighted by Gasteiger charge is 2.39. The normalized spacial score (nSPS) is 24.8. The Labute approximate surface area is 145 Å². The van der Waals surface area contributed by atoms with Gasteiger partial charge in [-0.05, 0) is 44.8 Å². The fraction of sp³-hybridized carbons (Fsp3) is 0.600. The van der Waals surface area contributed by atoms with E-state index in [1.807, 2.05) is 35.2 Å². The second-order valence-corrected chi connectivity index (χ2v) is 7.23. The number of amides is 1. The minimum absolute atomic E-state index is 0.0267. The molecule has 2 saturated heterocycles. The van der Waals surface area contributed by atoms with Gasteiger partial charge in [0.2, 0.25) is 5.91 Å². The molecular weight excluding hydrogens is 298 g/mol. The highest BCUT2D eigenvalue weighted by atomic mass is 16.2. The van der Waals surface area contributed by atoms with Crippen LogP contribution >= 0.6 is 0 Å². The summed E-state index contributed by atoms with van der Waals surface area (Å²) in [7, 11) is 2.07. The third kappa shape index (κ3) is 3.32. The summed E-state index contributed by atoms with van der Waals surface area (Å²) in [6.45, 7) is 2.38. The van der Waals surface area contributed by atoms with Crippen LogP contribution < -0.4 is 0 Å². The van der Waals surface area contributed by atoms with Crippen molar-refractivity contribution in [3.8, 4) is 6.07 Å². The van der Waals surface area contributed by atoms with Gasteiger partial charge in [-0.25, -0.2) is 0 Å². The topological polar surface area (TPSA) is 47.3 Å². The maximum absolute atomic E-state index is 13.0. The fourth-order valence-corrected chi connectivity index (χ4v) is 4.11. The summed E-state index contributed by atoms with van der Waals surface area (Å²) in [5, 5.41) is 9.79. The highest BCUT2D eigenvalue weighted by Crippen LogP contribution is 2.35. The third-order valence-corrected chi connectivity index (χ3v) is 5.77. The largest absolute Gasteiger partial charge is 0.341 e. The lowest BCUT2D eigenvalue weighted by molar-refractivity contribution is -0.138. The van der Waals surface area contributed by atoms with Crippen LogP contribution in [0.25, 0.3) is 0 Å². The molecule has 4 nitrogen and oxygen atoms in total. The summed E-state index contributed by atoms with van der Waals surface area (Å²) in [5.41, 5.74) is 0.652. The van der Waals surface area contributed by atoms with Gasteiger partial charge in [0.15, 0.2) is 0 Å². The van der Waals surface area contributed by atoms with E-state index in [2.05, 4.69) is 18.0 Å². The zero-order valence-corrected chi connectivity index (χ0v) is 14.6. The Morgan fingerprint density at radius 3 is 2.50 bits per heavy atom. The van der Waals surface area contributed by atoms with E-state index < -0.39 is 5.41 Å². The quantitative estimate of drug-likeness (QED) is 0.840. The predicted molar refractivity (Wildman–Crippen MR) is 94.4 cm³/mol. The van der Waals surface area contributed by atoms with E-state index >= 15 is 0 Å². The van der Waals surface area contributed by atoms with Crippen LogP contribution in [0.5, 0.6) is 0 Å². The molecule has 0 spiro atoms. The van der Waals surface area contributed by atoms with Crippen molar-refractivity contribution in [2.75, 3.05) is 26.7 Å². The van der Waals surface area contributed by atoms with Crippen LogP contribution in [0.15, 0.2) is 30.3 Å². The van der Waals surface area contributed by atoms with E-state index in [4.69, 9.17) is 0 Å². The molecule has 0 aliphatic carbocycles. The van der Waals surface area contributed by atoms with E-state index in [1.165, 1.54) is 12.8 Å². The number of likely N-dealkylation sites (tertiary alicyclic amines) is 2. The molecule has 0 aromatic heterocycles. The molecule has 2 aliphatic rings. The van der Waals surface area contributed by atoms with Crippen molar-refractivity contribution in [2.24, 2.45) is 0 Å². The van der Waals surface area contributed by atoms with Crippen molar-refractivity contribution >= 4 is 5.91 Å². The van der Waals surface area contributed by atoms with Gasteiger partial charge in [-0.3, -0.25) is 9.69 Å². The molecule has 128 valence electrons. The Balaban J connectivity index is 1.68. The lowest BCUT2D eigenvalue weighted by Gasteiger charge is -2.40. The van der Waals surface area contributed by atoms with E-state index in [1.54, 1.807) is 0 Å². The number of nitrogens with zero attached hydrogens (tertiary/aromatic N) is 3. The lowest BCUT2D eigenvalue weighted by Crippen LogP contribution is -2.51. The molecular formula is C20H27N3O. The first-order valence-corrected chi connectivity index (χ1v) is 9.12. The molecule has 0 N–H and O–H groups in total. The third-order valence-electron chi connectivity index (χ3n) is 5.77. The summed E-state index contributed by atoms with van der Waals surface area (Å²) in [6.07, 6.45) is 5.98. The monoisotopic (exact) mass is 325 g/mol. The molecule has 1 atom stereocenters. The maximum atomic E-state index is 13.0. The molecule has 0 bridgehead atoms. The first-order valence-electron chi connectivity index (χ1n) is 9.12. The van der Waals surface area contributed by atoms with Gasteiger partial charge in [0.05, 0.1) is 17.5 Å². The number of nitriles is 1. The standard InChI is InChI=1S/C20H27N3O/c1-22-13-7-3-6-10-18(22)19(24)23-14-11-20(16-21,12-15-23)17-8-4-2-5-9-17/h2,4-5,8-9,18H,3,6-7,10-15H2,1H3/t18-/m1/s1. The molecule has 1 aromatic rings. The fourth-order valence-electron chi connectivity index (χ4n) is 4.11. The van der Waals surface area contributed by atoms with Crippen LogP contribution in [0.2, 0.25) is 0 Å². The first kappa shape index (κ1) is 17.0. The molecule has 1 aromatic carbocycles. The van der Waals surface area contributed by atoms with Crippen LogP contribution in [-0.2, 0) is 10.2 Å². The van der Waals surface area contributed by atoms with E-state index in [0.717, 1.165) is 37.8 Å². The van der Waals surface area contributed by atoms with Gasteiger partial charge in [0.25, 0.3) is 0 Å². The van der Waals surface area contributed by atoms with Gasteiger partial charge in [0.1, 0.15) is 0 Å². The van der Waals surface area contributed by atoms with Crippen molar-refractivity contribution in [2.45, 2.75) is 50.0 Å². The summed E-state index contributed by atoms with van der Waals surface area (Å²) in [4.78, 5) is 17.2. The number of hydrogen-bond donors (Lipinski definition) is 0. The van der Waals surface area contributed by atoms with E-state index in [-0.39, 0.29) is 11.9 Å². The van der Waals surface area contributed by atoms with Gasteiger partial charge >= 0.3 is 0 Å².